The lowest BCUT2D eigenvalue weighted by atomic mass is 10.3. The van der Waals surface area contributed by atoms with E-state index >= 15 is 0 Å². The average molecular weight is 223 g/mol. The van der Waals surface area contributed by atoms with Crippen molar-refractivity contribution in [1.82, 2.24) is 10.3 Å². The van der Waals surface area contributed by atoms with Gasteiger partial charge >= 0.3 is 0 Å². The number of aromatic nitrogens is 1. The van der Waals surface area contributed by atoms with Gasteiger partial charge in [0.15, 0.2) is 11.6 Å². The van der Waals surface area contributed by atoms with Crippen LogP contribution in [-0.2, 0) is 0 Å². The van der Waals surface area contributed by atoms with Crippen LogP contribution in [0.5, 0.6) is 5.75 Å². The van der Waals surface area contributed by atoms with Gasteiger partial charge in [-0.15, -0.1) is 0 Å². The topological polar surface area (TPSA) is 37.4 Å². The normalized spacial score (nSPS) is 10.6. The van der Waals surface area contributed by atoms with E-state index < -0.39 is 0 Å². The van der Waals surface area contributed by atoms with Gasteiger partial charge in [0.05, 0.1) is 7.11 Å². The van der Waals surface area contributed by atoms with Gasteiger partial charge in [0.2, 0.25) is 0 Å². The zero-order valence-corrected chi connectivity index (χ0v) is 10.5. The lowest BCUT2D eigenvalue weighted by Crippen LogP contribution is -2.33. The Hall–Kier alpha value is -1.29. The molecule has 4 nitrogen and oxygen atoms in total. The fraction of sp³-hybridized carbons (Fsp3) is 0.583. The lowest BCUT2D eigenvalue weighted by molar-refractivity contribution is 0.412. The van der Waals surface area contributed by atoms with Crippen molar-refractivity contribution in [2.24, 2.45) is 0 Å². The Balaban J connectivity index is 2.55. The highest BCUT2D eigenvalue weighted by molar-refractivity contribution is 5.51. The quantitative estimate of drug-likeness (QED) is 0.793. The van der Waals surface area contributed by atoms with Gasteiger partial charge < -0.3 is 15.0 Å². The van der Waals surface area contributed by atoms with E-state index in [1.54, 1.807) is 13.3 Å². The molecule has 0 radical (unpaired) electrons. The molecule has 0 fully saturated rings. The van der Waals surface area contributed by atoms with E-state index in [4.69, 9.17) is 4.74 Å². The summed E-state index contributed by atoms with van der Waals surface area (Å²) in [6.45, 7) is 6.13. The summed E-state index contributed by atoms with van der Waals surface area (Å²) >= 11 is 0. The monoisotopic (exact) mass is 223 g/mol. The highest BCUT2D eigenvalue weighted by Gasteiger charge is 2.08. The van der Waals surface area contributed by atoms with Gasteiger partial charge in [0.25, 0.3) is 0 Å². The summed E-state index contributed by atoms with van der Waals surface area (Å²) < 4.78 is 5.27. The van der Waals surface area contributed by atoms with E-state index in [0.29, 0.717) is 6.04 Å². The standard InChI is InChI=1S/C12H21N3O/c1-10(2)13-8-9-15(3)12-11(16-4)6-5-7-14-12/h5-7,10,13H,8-9H2,1-4H3. The van der Waals surface area contributed by atoms with Crippen LogP contribution in [0, 0.1) is 0 Å². The molecule has 0 aromatic carbocycles. The molecule has 1 aromatic rings. The minimum absolute atomic E-state index is 0.513. The molecule has 0 aliphatic rings. The van der Waals surface area contributed by atoms with E-state index in [1.165, 1.54) is 0 Å². The van der Waals surface area contributed by atoms with Gasteiger partial charge in [-0.2, -0.15) is 0 Å². The van der Waals surface area contributed by atoms with Crippen LogP contribution in [-0.4, -0.2) is 38.3 Å². The van der Waals surface area contributed by atoms with Crippen molar-refractivity contribution in [3.63, 3.8) is 0 Å². The molecule has 0 saturated carbocycles. The fourth-order valence-electron chi connectivity index (χ4n) is 1.46. The van der Waals surface area contributed by atoms with Crippen LogP contribution in [0.3, 0.4) is 0 Å². The molecule has 1 heterocycles. The Morgan fingerprint density at radius 2 is 2.25 bits per heavy atom. The van der Waals surface area contributed by atoms with Crippen molar-refractivity contribution in [3.8, 4) is 5.75 Å². The number of methoxy groups -OCH3 is 1. The van der Waals surface area contributed by atoms with Gasteiger partial charge in [0, 0.05) is 32.4 Å². The number of pyridine rings is 1. The maximum absolute atomic E-state index is 5.27. The number of ether oxygens (including phenoxy) is 1. The molecular weight excluding hydrogens is 202 g/mol. The summed E-state index contributed by atoms with van der Waals surface area (Å²) in [5.74, 6) is 1.70. The Kier molecular flexibility index (Phi) is 5.05. The summed E-state index contributed by atoms with van der Waals surface area (Å²) in [7, 11) is 3.69. The molecule has 1 rings (SSSR count). The molecule has 16 heavy (non-hydrogen) atoms. The maximum Gasteiger partial charge on any atom is 0.171 e. The van der Waals surface area contributed by atoms with Crippen molar-refractivity contribution in [1.29, 1.82) is 0 Å². The summed E-state index contributed by atoms with van der Waals surface area (Å²) in [6.07, 6.45) is 1.78. The summed E-state index contributed by atoms with van der Waals surface area (Å²) in [5, 5.41) is 3.37. The first kappa shape index (κ1) is 12.8. The van der Waals surface area contributed by atoms with Gasteiger partial charge in [0.1, 0.15) is 0 Å². The third kappa shape index (κ3) is 3.70. The highest BCUT2D eigenvalue weighted by Crippen LogP contribution is 2.22. The molecule has 0 aliphatic carbocycles. The number of nitrogens with zero attached hydrogens (tertiary/aromatic N) is 2. The van der Waals surface area contributed by atoms with E-state index in [1.807, 2.05) is 19.2 Å². The number of hydrogen-bond acceptors (Lipinski definition) is 4. The minimum Gasteiger partial charge on any atom is -0.493 e. The first-order valence-corrected chi connectivity index (χ1v) is 5.58. The number of rotatable bonds is 6. The fourth-order valence-corrected chi connectivity index (χ4v) is 1.46. The first-order chi connectivity index (χ1) is 7.65. The molecule has 0 unspecified atom stereocenters. The van der Waals surface area contributed by atoms with E-state index in [0.717, 1.165) is 24.7 Å². The molecule has 0 atom stereocenters. The largest absolute Gasteiger partial charge is 0.493 e. The van der Waals surface area contributed by atoms with Crippen molar-refractivity contribution in [2.45, 2.75) is 19.9 Å². The van der Waals surface area contributed by atoms with Crippen LogP contribution in [0.1, 0.15) is 13.8 Å². The SMILES string of the molecule is COc1cccnc1N(C)CCNC(C)C. The third-order valence-electron chi connectivity index (χ3n) is 2.33. The maximum atomic E-state index is 5.27. The second kappa shape index (κ2) is 6.33. The molecule has 0 spiro atoms. The Bertz CT molecular complexity index is 315. The predicted molar refractivity (Wildman–Crippen MR) is 67.2 cm³/mol. The van der Waals surface area contributed by atoms with E-state index in [-0.39, 0.29) is 0 Å². The van der Waals surface area contributed by atoms with E-state index in [2.05, 4.69) is 29.0 Å². The van der Waals surface area contributed by atoms with Gasteiger partial charge in [-0.25, -0.2) is 4.98 Å². The summed E-state index contributed by atoms with van der Waals surface area (Å²) in [4.78, 5) is 6.41. The van der Waals surface area contributed by atoms with Crippen LogP contribution in [0.4, 0.5) is 5.82 Å². The van der Waals surface area contributed by atoms with Crippen molar-refractivity contribution < 1.29 is 4.74 Å². The highest BCUT2D eigenvalue weighted by atomic mass is 16.5. The van der Waals surface area contributed by atoms with Crippen LogP contribution in [0.25, 0.3) is 0 Å². The molecule has 0 amide bonds. The summed E-state index contributed by atoms with van der Waals surface area (Å²) in [6, 6.07) is 4.32. The Morgan fingerprint density at radius 3 is 2.88 bits per heavy atom. The molecular formula is C12H21N3O. The van der Waals surface area contributed by atoms with E-state index in [9.17, 15) is 0 Å². The number of hydrogen-bond donors (Lipinski definition) is 1. The van der Waals surface area contributed by atoms with Crippen LogP contribution < -0.4 is 15.0 Å². The van der Waals surface area contributed by atoms with Crippen molar-refractivity contribution in [3.05, 3.63) is 18.3 Å². The smallest absolute Gasteiger partial charge is 0.171 e. The van der Waals surface area contributed by atoms with Crippen LogP contribution in [0.2, 0.25) is 0 Å². The second-order valence-corrected chi connectivity index (χ2v) is 4.06. The molecule has 0 saturated heterocycles. The number of anilines is 1. The van der Waals surface area contributed by atoms with Gasteiger partial charge in [-0.3, -0.25) is 0 Å². The number of likely N-dealkylation sites (N-methyl/N-ethyl adjacent to an activating group) is 1. The molecule has 90 valence electrons. The predicted octanol–water partition coefficient (Wildman–Crippen LogP) is 1.52. The molecule has 0 aliphatic heterocycles. The van der Waals surface area contributed by atoms with Gasteiger partial charge in [-0.1, -0.05) is 13.8 Å². The second-order valence-electron chi connectivity index (χ2n) is 4.06. The van der Waals surface area contributed by atoms with Crippen LogP contribution >= 0.6 is 0 Å². The zero-order valence-electron chi connectivity index (χ0n) is 10.5. The van der Waals surface area contributed by atoms with Crippen molar-refractivity contribution in [2.75, 3.05) is 32.1 Å². The van der Waals surface area contributed by atoms with Crippen molar-refractivity contribution >= 4 is 5.82 Å². The Morgan fingerprint density at radius 1 is 1.50 bits per heavy atom. The first-order valence-electron chi connectivity index (χ1n) is 5.58. The molecule has 4 heteroatoms. The molecule has 1 N–H and O–H groups in total. The van der Waals surface area contributed by atoms with Gasteiger partial charge in [-0.05, 0) is 12.1 Å². The average Bonchev–Trinajstić information content (AvgIpc) is 2.28. The Labute approximate surface area is 97.6 Å². The number of nitrogens with one attached hydrogen (secondary N) is 1. The summed E-state index contributed by atoms with van der Waals surface area (Å²) in [5.41, 5.74) is 0. The molecule has 1 aromatic heterocycles. The zero-order chi connectivity index (χ0) is 12.0. The van der Waals surface area contributed by atoms with Crippen LogP contribution in [0.15, 0.2) is 18.3 Å². The molecule has 0 bridgehead atoms. The lowest BCUT2D eigenvalue weighted by Gasteiger charge is -2.21. The third-order valence-corrected chi connectivity index (χ3v) is 2.33. The minimum atomic E-state index is 0.513.